The fourth-order valence-electron chi connectivity index (χ4n) is 2.63. The molecule has 0 bridgehead atoms. The van der Waals surface area contributed by atoms with Gasteiger partial charge in [-0.3, -0.25) is 0 Å². The van der Waals surface area contributed by atoms with Gasteiger partial charge in [0.1, 0.15) is 5.75 Å². The number of rotatable bonds is 7. The Morgan fingerprint density at radius 3 is 2.43 bits per heavy atom. The number of hydrogen-bond acceptors (Lipinski definition) is 4. The van der Waals surface area contributed by atoms with E-state index in [4.69, 9.17) is 10.5 Å². The number of ether oxygens (including phenoxy) is 1. The first kappa shape index (κ1) is 16.3. The summed E-state index contributed by atoms with van der Waals surface area (Å²) in [6.07, 6.45) is 4.72. The van der Waals surface area contributed by atoms with Crippen molar-refractivity contribution in [1.82, 2.24) is 4.72 Å². The van der Waals surface area contributed by atoms with Crippen LogP contribution in [0, 0.1) is 0 Å². The molecule has 21 heavy (non-hydrogen) atoms. The summed E-state index contributed by atoms with van der Waals surface area (Å²) in [4.78, 5) is 0.279. The maximum atomic E-state index is 12.4. The average molecular weight is 312 g/mol. The summed E-state index contributed by atoms with van der Waals surface area (Å²) in [5.41, 5.74) is 5.09. The van der Waals surface area contributed by atoms with Gasteiger partial charge in [0.15, 0.2) is 0 Å². The lowest BCUT2D eigenvalue weighted by atomic mass is 10.0. The van der Waals surface area contributed by atoms with Crippen LogP contribution < -0.4 is 15.2 Å². The molecule has 0 amide bonds. The number of hydrogen-bond donors (Lipinski definition) is 2. The van der Waals surface area contributed by atoms with E-state index in [-0.39, 0.29) is 10.4 Å². The minimum atomic E-state index is -3.47. The van der Waals surface area contributed by atoms with Gasteiger partial charge in [-0.2, -0.15) is 0 Å². The molecular weight excluding hydrogens is 288 g/mol. The lowest BCUT2D eigenvalue weighted by Crippen LogP contribution is -2.43. The minimum absolute atomic E-state index is 0.279. The molecule has 1 aliphatic rings. The van der Waals surface area contributed by atoms with Crippen LogP contribution in [-0.4, -0.2) is 27.1 Å². The second-order valence-electron chi connectivity index (χ2n) is 5.84. The Labute approximate surface area is 126 Å². The quantitative estimate of drug-likeness (QED) is 0.755. The van der Waals surface area contributed by atoms with E-state index in [0.717, 1.165) is 32.1 Å². The normalized spacial score (nSPS) is 17.8. The third-order valence-corrected chi connectivity index (χ3v) is 5.49. The number of benzene rings is 1. The van der Waals surface area contributed by atoms with Crippen LogP contribution >= 0.6 is 0 Å². The lowest BCUT2D eigenvalue weighted by molar-refractivity contribution is 0.313. The Bertz CT molecular complexity index is 549. The van der Waals surface area contributed by atoms with Crippen LogP contribution in [0.15, 0.2) is 29.2 Å². The molecule has 6 heteroatoms. The van der Waals surface area contributed by atoms with E-state index in [0.29, 0.717) is 18.9 Å². The molecule has 0 aliphatic heterocycles. The minimum Gasteiger partial charge on any atom is -0.494 e. The highest BCUT2D eigenvalue weighted by atomic mass is 32.2. The van der Waals surface area contributed by atoms with Crippen LogP contribution in [0.25, 0.3) is 0 Å². The first-order valence-electron chi connectivity index (χ1n) is 7.42. The predicted molar refractivity (Wildman–Crippen MR) is 82.8 cm³/mol. The smallest absolute Gasteiger partial charge is 0.241 e. The van der Waals surface area contributed by atoms with E-state index in [1.807, 2.05) is 6.92 Å². The summed E-state index contributed by atoms with van der Waals surface area (Å²) >= 11 is 0. The monoisotopic (exact) mass is 312 g/mol. The van der Waals surface area contributed by atoms with Gasteiger partial charge in [-0.05, 0) is 57.0 Å². The van der Waals surface area contributed by atoms with Gasteiger partial charge in [0, 0.05) is 5.54 Å². The van der Waals surface area contributed by atoms with Crippen molar-refractivity contribution in [3.8, 4) is 5.75 Å². The molecule has 3 N–H and O–H groups in total. The van der Waals surface area contributed by atoms with Crippen molar-refractivity contribution in [3.05, 3.63) is 24.3 Å². The van der Waals surface area contributed by atoms with Crippen LogP contribution in [0.1, 0.15) is 39.0 Å². The Morgan fingerprint density at radius 1 is 1.24 bits per heavy atom. The molecule has 0 atom stereocenters. The predicted octanol–water partition coefficient (Wildman–Crippen LogP) is 2.03. The zero-order valence-electron chi connectivity index (χ0n) is 12.5. The molecule has 0 spiro atoms. The summed E-state index contributed by atoms with van der Waals surface area (Å²) in [6, 6.07) is 6.53. The van der Waals surface area contributed by atoms with Crippen molar-refractivity contribution in [2.45, 2.75) is 49.5 Å². The molecule has 0 heterocycles. The van der Waals surface area contributed by atoms with Crippen LogP contribution in [0.2, 0.25) is 0 Å². The van der Waals surface area contributed by atoms with Crippen molar-refractivity contribution in [1.29, 1.82) is 0 Å². The lowest BCUT2D eigenvalue weighted by Gasteiger charge is -2.24. The molecule has 1 saturated carbocycles. The maximum absolute atomic E-state index is 12.4. The third kappa shape index (κ3) is 4.43. The average Bonchev–Trinajstić information content (AvgIpc) is 2.85. The number of sulfonamides is 1. The van der Waals surface area contributed by atoms with E-state index in [2.05, 4.69) is 4.72 Å². The molecule has 2 rings (SSSR count). The molecule has 1 fully saturated rings. The standard InChI is InChI=1S/C15H24N2O3S/c1-15(9-2-3-10-15)17-21(18,19)14-7-5-13(6-8-14)20-12-4-11-16/h5-8,17H,2-4,9-12,16H2,1H3. The van der Waals surface area contributed by atoms with E-state index >= 15 is 0 Å². The highest BCUT2D eigenvalue weighted by molar-refractivity contribution is 7.89. The molecule has 1 aliphatic carbocycles. The summed E-state index contributed by atoms with van der Waals surface area (Å²) in [5.74, 6) is 0.662. The highest BCUT2D eigenvalue weighted by Crippen LogP contribution is 2.30. The van der Waals surface area contributed by atoms with Gasteiger partial charge in [-0.15, -0.1) is 0 Å². The van der Waals surface area contributed by atoms with E-state index in [9.17, 15) is 8.42 Å². The van der Waals surface area contributed by atoms with Gasteiger partial charge in [-0.1, -0.05) is 12.8 Å². The van der Waals surface area contributed by atoms with Crippen molar-refractivity contribution in [2.24, 2.45) is 5.73 Å². The number of nitrogens with one attached hydrogen (secondary N) is 1. The van der Waals surface area contributed by atoms with Crippen LogP contribution in [0.4, 0.5) is 0 Å². The largest absolute Gasteiger partial charge is 0.494 e. The molecule has 118 valence electrons. The van der Waals surface area contributed by atoms with Gasteiger partial charge in [0.05, 0.1) is 11.5 Å². The Hall–Kier alpha value is -1.11. The van der Waals surface area contributed by atoms with Crippen LogP contribution in [0.3, 0.4) is 0 Å². The molecule has 1 aromatic carbocycles. The van der Waals surface area contributed by atoms with Gasteiger partial charge in [-0.25, -0.2) is 13.1 Å². The van der Waals surface area contributed by atoms with E-state index in [1.54, 1.807) is 24.3 Å². The topological polar surface area (TPSA) is 81.4 Å². The number of nitrogens with two attached hydrogens (primary N) is 1. The van der Waals surface area contributed by atoms with Crippen molar-refractivity contribution in [2.75, 3.05) is 13.2 Å². The maximum Gasteiger partial charge on any atom is 0.241 e. The zero-order chi connectivity index (χ0) is 15.3. The van der Waals surface area contributed by atoms with E-state index < -0.39 is 10.0 Å². The first-order chi connectivity index (χ1) is 9.95. The van der Waals surface area contributed by atoms with Crippen molar-refractivity contribution in [3.63, 3.8) is 0 Å². The Kier molecular flexibility index (Phi) is 5.24. The molecule has 0 aromatic heterocycles. The fourth-order valence-corrected chi connectivity index (χ4v) is 4.09. The van der Waals surface area contributed by atoms with Crippen molar-refractivity contribution >= 4 is 10.0 Å². The van der Waals surface area contributed by atoms with Gasteiger partial charge < -0.3 is 10.5 Å². The zero-order valence-corrected chi connectivity index (χ0v) is 13.3. The second-order valence-corrected chi connectivity index (χ2v) is 7.52. The molecule has 5 nitrogen and oxygen atoms in total. The Morgan fingerprint density at radius 2 is 1.86 bits per heavy atom. The first-order valence-corrected chi connectivity index (χ1v) is 8.90. The molecule has 0 saturated heterocycles. The molecule has 1 aromatic rings. The molecule has 0 unspecified atom stereocenters. The third-order valence-electron chi connectivity index (χ3n) is 3.84. The molecule has 0 radical (unpaired) electrons. The summed E-state index contributed by atoms with van der Waals surface area (Å²) < 4.78 is 33.1. The van der Waals surface area contributed by atoms with E-state index in [1.165, 1.54) is 0 Å². The van der Waals surface area contributed by atoms with Gasteiger partial charge >= 0.3 is 0 Å². The van der Waals surface area contributed by atoms with Crippen LogP contribution in [-0.2, 0) is 10.0 Å². The summed E-state index contributed by atoms with van der Waals surface area (Å²) in [6.45, 7) is 3.09. The van der Waals surface area contributed by atoms with Crippen LogP contribution in [0.5, 0.6) is 5.75 Å². The summed E-state index contributed by atoms with van der Waals surface area (Å²) in [7, 11) is -3.47. The highest BCUT2D eigenvalue weighted by Gasteiger charge is 2.33. The molecular formula is C15H24N2O3S. The Balaban J connectivity index is 2.03. The van der Waals surface area contributed by atoms with Gasteiger partial charge in [0.25, 0.3) is 0 Å². The fraction of sp³-hybridized carbons (Fsp3) is 0.600. The summed E-state index contributed by atoms with van der Waals surface area (Å²) in [5, 5.41) is 0. The SMILES string of the molecule is CC1(NS(=O)(=O)c2ccc(OCCCN)cc2)CCCC1. The second kappa shape index (κ2) is 6.77. The van der Waals surface area contributed by atoms with Crippen molar-refractivity contribution < 1.29 is 13.2 Å². The van der Waals surface area contributed by atoms with Gasteiger partial charge in [0.2, 0.25) is 10.0 Å².